The minimum absolute atomic E-state index is 0.0836. The first kappa shape index (κ1) is 8.48. The molecule has 76 valence electrons. The molecular formula is C11H16N2O. The van der Waals surface area contributed by atoms with Crippen LogP contribution in [0.25, 0.3) is 0 Å². The maximum absolute atomic E-state index is 5.71. The van der Waals surface area contributed by atoms with Crippen LogP contribution in [0.15, 0.2) is 10.6 Å². The average molecular weight is 192 g/mol. The molecule has 3 heteroatoms. The molecule has 0 spiro atoms. The molecule has 3 atom stereocenters. The molecule has 3 unspecified atom stereocenters. The molecule has 2 N–H and O–H groups in total. The number of hydrogen-bond donors (Lipinski definition) is 1. The van der Waals surface area contributed by atoms with Crippen LogP contribution in [0.3, 0.4) is 0 Å². The fraction of sp³-hybridized carbons (Fsp3) is 0.727. The number of aromatic nitrogens is 1. The molecule has 0 aliphatic heterocycles. The monoisotopic (exact) mass is 192 g/mol. The van der Waals surface area contributed by atoms with Crippen molar-refractivity contribution in [2.45, 2.75) is 38.1 Å². The van der Waals surface area contributed by atoms with E-state index >= 15 is 0 Å². The summed E-state index contributed by atoms with van der Waals surface area (Å²) in [5.74, 6) is 4.34. The summed E-state index contributed by atoms with van der Waals surface area (Å²) in [7, 11) is 0. The molecular weight excluding hydrogens is 176 g/mol. The molecule has 2 aliphatic rings. The highest BCUT2D eigenvalue weighted by molar-refractivity contribution is 5.11. The van der Waals surface area contributed by atoms with Gasteiger partial charge in [0.25, 0.3) is 0 Å². The van der Waals surface area contributed by atoms with E-state index in [4.69, 9.17) is 10.2 Å². The Bertz CT molecular complexity index is 335. The van der Waals surface area contributed by atoms with Gasteiger partial charge in [0, 0.05) is 5.92 Å². The minimum atomic E-state index is -0.0836. The molecule has 1 aromatic heterocycles. The van der Waals surface area contributed by atoms with Gasteiger partial charge in [-0.1, -0.05) is 0 Å². The number of hydrogen-bond acceptors (Lipinski definition) is 3. The van der Waals surface area contributed by atoms with Gasteiger partial charge in [0.15, 0.2) is 0 Å². The van der Waals surface area contributed by atoms with Crippen molar-refractivity contribution in [3.8, 4) is 0 Å². The summed E-state index contributed by atoms with van der Waals surface area (Å²) in [5, 5.41) is 0. The van der Waals surface area contributed by atoms with Crippen LogP contribution in [-0.2, 0) is 0 Å². The lowest BCUT2D eigenvalue weighted by molar-refractivity contribution is 0.396. The van der Waals surface area contributed by atoms with Crippen LogP contribution in [0.2, 0.25) is 0 Å². The second-order valence-electron chi connectivity index (χ2n) is 4.81. The summed E-state index contributed by atoms with van der Waals surface area (Å²) in [4.78, 5) is 4.21. The maximum atomic E-state index is 5.71. The summed E-state index contributed by atoms with van der Waals surface area (Å²) in [6.07, 6.45) is 5.93. The molecule has 2 fully saturated rings. The van der Waals surface area contributed by atoms with Gasteiger partial charge in [-0.25, -0.2) is 4.98 Å². The minimum Gasteiger partial charge on any atom is -0.444 e. The molecule has 3 nitrogen and oxygen atoms in total. The summed E-state index contributed by atoms with van der Waals surface area (Å²) < 4.78 is 5.66. The van der Waals surface area contributed by atoms with Crippen molar-refractivity contribution < 1.29 is 4.42 Å². The Hall–Kier alpha value is -0.830. The molecule has 0 aromatic carbocycles. The van der Waals surface area contributed by atoms with E-state index in [1.54, 1.807) is 0 Å². The first-order valence-corrected chi connectivity index (χ1v) is 5.45. The van der Waals surface area contributed by atoms with Crippen molar-refractivity contribution in [1.82, 2.24) is 4.98 Å². The predicted octanol–water partition coefficient (Wildman–Crippen LogP) is 2.21. The van der Waals surface area contributed by atoms with Crippen LogP contribution in [0.4, 0.5) is 0 Å². The van der Waals surface area contributed by atoms with E-state index in [-0.39, 0.29) is 6.04 Å². The normalized spacial score (nSPS) is 36.9. The first-order valence-electron chi connectivity index (χ1n) is 5.45. The molecule has 1 heterocycles. The van der Waals surface area contributed by atoms with E-state index in [1.807, 2.05) is 13.1 Å². The van der Waals surface area contributed by atoms with Gasteiger partial charge in [-0.3, -0.25) is 0 Å². The smallest absolute Gasteiger partial charge is 0.211 e. The highest BCUT2D eigenvalue weighted by Gasteiger charge is 2.47. The van der Waals surface area contributed by atoms with Crippen molar-refractivity contribution in [1.29, 1.82) is 0 Å². The van der Waals surface area contributed by atoms with Crippen molar-refractivity contribution >= 4 is 0 Å². The Morgan fingerprint density at radius 3 is 2.71 bits per heavy atom. The van der Waals surface area contributed by atoms with Gasteiger partial charge in [0.2, 0.25) is 5.89 Å². The molecule has 0 saturated heterocycles. The first-order chi connectivity index (χ1) is 6.74. The topological polar surface area (TPSA) is 52.0 Å². The van der Waals surface area contributed by atoms with Crippen LogP contribution in [-0.4, -0.2) is 4.98 Å². The Kier molecular flexibility index (Phi) is 1.71. The van der Waals surface area contributed by atoms with Gasteiger partial charge >= 0.3 is 0 Å². The van der Waals surface area contributed by atoms with Crippen LogP contribution < -0.4 is 5.73 Å². The number of nitrogens with zero attached hydrogens (tertiary/aromatic N) is 1. The highest BCUT2D eigenvalue weighted by Crippen LogP contribution is 2.57. The van der Waals surface area contributed by atoms with E-state index in [0.29, 0.717) is 11.8 Å². The van der Waals surface area contributed by atoms with Crippen molar-refractivity contribution in [2.75, 3.05) is 0 Å². The number of oxazole rings is 1. The Morgan fingerprint density at radius 1 is 1.43 bits per heavy atom. The zero-order valence-corrected chi connectivity index (χ0v) is 8.44. The second-order valence-corrected chi connectivity index (χ2v) is 4.81. The van der Waals surface area contributed by atoms with Crippen molar-refractivity contribution in [3.05, 3.63) is 17.8 Å². The number of rotatable bonds is 2. The third kappa shape index (κ3) is 1.27. The predicted molar refractivity (Wildman–Crippen MR) is 52.7 cm³/mol. The Labute approximate surface area is 83.7 Å². The largest absolute Gasteiger partial charge is 0.444 e. The summed E-state index contributed by atoms with van der Waals surface area (Å²) in [6, 6.07) is -0.0836. The van der Waals surface area contributed by atoms with Gasteiger partial charge in [-0.15, -0.1) is 0 Å². The lowest BCUT2D eigenvalue weighted by atomic mass is 10.0. The van der Waals surface area contributed by atoms with Gasteiger partial charge in [-0.05, 0) is 38.0 Å². The second kappa shape index (κ2) is 2.83. The molecule has 0 radical (unpaired) electrons. The van der Waals surface area contributed by atoms with Crippen LogP contribution in [0.1, 0.15) is 49.8 Å². The summed E-state index contributed by atoms with van der Waals surface area (Å²) in [5.41, 5.74) is 5.71. The third-order valence-corrected chi connectivity index (χ3v) is 3.58. The lowest BCUT2D eigenvalue weighted by Crippen LogP contribution is -2.04. The molecule has 14 heavy (non-hydrogen) atoms. The zero-order valence-electron chi connectivity index (χ0n) is 8.44. The quantitative estimate of drug-likeness (QED) is 0.781. The Balaban J connectivity index is 1.76. The fourth-order valence-corrected chi connectivity index (χ4v) is 2.65. The van der Waals surface area contributed by atoms with Gasteiger partial charge in [-0.2, -0.15) is 0 Å². The SMILES string of the molecule is CC(N)c1ncc(C2CC3CC3C2)o1. The Morgan fingerprint density at radius 2 is 2.14 bits per heavy atom. The van der Waals surface area contributed by atoms with Gasteiger partial charge < -0.3 is 10.2 Å². The van der Waals surface area contributed by atoms with E-state index in [2.05, 4.69) is 4.98 Å². The molecule has 3 rings (SSSR count). The molecule has 2 aliphatic carbocycles. The standard InChI is InChI=1S/C11H16N2O/c1-6(12)11-13-5-10(14-11)9-3-7-2-8(7)4-9/h5-9H,2-4,12H2,1H3. The zero-order chi connectivity index (χ0) is 9.71. The molecule has 1 aromatic rings. The van der Waals surface area contributed by atoms with Crippen molar-refractivity contribution in [2.24, 2.45) is 17.6 Å². The summed E-state index contributed by atoms with van der Waals surface area (Å²) in [6.45, 7) is 1.90. The van der Waals surface area contributed by atoms with Gasteiger partial charge in [0.05, 0.1) is 12.2 Å². The number of nitrogens with two attached hydrogens (primary N) is 1. The third-order valence-electron chi connectivity index (χ3n) is 3.58. The molecule has 0 amide bonds. The average Bonchev–Trinajstić information content (AvgIpc) is 2.69. The van der Waals surface area contributed by atoms with Crippen LogP contribution in [0.5, 0.6) is 0 Å². The highest BCUT2D eigenvalue weighted by atomic mass is 16.4. The lowest BCUT2D eigenvalue weighted by Gasteiger charge is -2.06. The van der Waals surface area contributed by atoms with Crippen molar-refractivity contribution in [3.63, 3.8) is 0 Å². The van der Waals surface area contributed by atoms with E-state index in [1.165, 1.54) is 19.3 Å². The van der Waals surface area contributed by atoms with E-state index in [9.17, 15) is 0 Å². The summed E-state index contributed by atoms with van der Waals surface area (Å²) >= 11 is 0. The van der Waals surface area contributed by atoms with E-state index in [0.717, 1.165) is 17.6 Å². The van der Waals surface area contributed by atoms with Gasteiger partial charge in [0.1, 0.15) is 5.76 Å². The van der Waals surface area contributed by atoms with Crippen LogP contribution in [0, 0.1) is 11.8 Å². The van der Waals surface area contributed by atoms with E-state index < -0.39 is 0 Å². The molecule has 0 bridgehead atoms. The maximum Gasteiger partial charge on any atom is 0.211 e. The molecule has 2 saturated carbocycles. The van der Waals surface area contributed by atoms with Crippen LogP contribution >= 0.6 is 0 Å². The fourth-order valence-electron chi connectivity index (χ4n) is 2.65. The number of fused-ring (bicyclic) bond motifs is 1.